The van der Waals surface area contributed by atoms with Gasteiger partial charge in [-0.25, -0.2) is 4.90 Å². The van der Waals surface area contributed by atoms with E-state index in [1.807, 2.05) is 37.2 Å². The van der Waals surface area contributed by atoms with Gasteiger partial charge >= 0.3 is 0 Å². The second kappa shape index (κ2) is 8.88. The van der Waals surface area contributed by atoms with Crippen LogP contribution < -0.4 is 15.1 Å². The molecular weight excluding hydrogens is 434 g/mol. The van der Waals surface area contributed by atoms with Crippen LogP contribution in [0.15, 0.2) is 78.5 Å². The maximum atomic E-state index is 13.4. The van der Waals surface area contributed by atoms with E-state index in [2.05, 4.69) is 5.32 Å². The van der Waals surface area contributed by atoms with Crippen LogP contribution in [-0.4, -0.2) is 30.8 Å². The largest absolute Gasteiger partial charge is 0.378 e. The molecule has 9 heteroatoms. The van der Waals surface area contributed by atoms with Crippen LogP contribution in [0.1, 0.15) is 11.1 Å². The number of hydrogen-bond donors (Lipinski definition) is 1. The highest BCUT2D eigenvalue weighted by Gasteiger charge is 2.40. The molecule has 0 aliphatic carbocycles. The lowest BCUT2D eigenvalue weighted by atomic mass is 10.0. The van der Waals surface area contributed by atoms with Crippen molar-refractivity contribution >= 4 is 40.1 Å². The number of carbonyl (C=O) groups is 2. The van der Waals surface area contributed by atoms with Gasteiger partial charge in [-0.2, -0.15) is 5.26 Å². The van der Waals surface area contributed by atoms with Gasteiger partial charge in [-0.3, -0.25) is 19.7 Å². The summed E-state index contributed by atoms with van der Waals surface area (Å²) in [5.74, 6) is -1.14. The molecule has 3 aromatic rings. The lowest BCUT2D eigenvalue weighted by Crippen LogP contribution is -2.32. The lowest BCUT2D eigenvalue weighted by Gasteiger charge is -2.16. The third-order valence-corrected chi connectivity index (χ3v) is 5.36. The maximum absolute atomic E-state index is 13.4. The summed E-state index contributed by atoms with van der Waals surface area (Å²) in [5, 5.41) is 23.1. The van der Waals surface area contributed by atoms with Gasteiger partial charge in [-0.05, 0) is 66.2 Å². The predicted octanol–water partition coefficient (Wildman–Crippen LogP) is 3.93. The van der Waals surface area contributed by atoms with Gasteiger partial charge in [-0.1, -0.05) is 0 Å². The molecule has 0 bridgehead atoms. The minimum atomic E-state index is -0.573. The first-order valence-corrected chi connectivity index (χ1v) is 10.2. The molecule has 0 atom stereocenters. The van der Waals surface area contributed by atoms with E-state index >= 15 is 0 Å². The zero-order valence-corrected chi connectivity index (χ0v) is 18.4. The number of amides is 2. The molecule has 0 saturated heterocycles. The van der Waals surface area contributed by atoms with Crippen molar-refractivity contribution < 1.29 is 14.5 Å². The third kappa shape index (κ3) is 4.08. The predicted molar refractivity (Wildman–Crippen MR) is 128 cm³/mol. The number of benzene rings is 3. The molecule has 1 aliphatic heterocycles. The molecule has 0 fully saturated rings. The number of nitrogens with zero attached hydrogens (tertiary/aromatic N) is 4. The summed E-state index contributed by atoms with van der Waals surface area (Å²) in [4.78, 5) is 40.3. The standard InChI is InChI=1S/C25H19N5O4/c1-28(2)19-13-7-18(8-14-19)27-23-22(17-5-11-21(12-6-17)30(33)34)24(31)29(25(23)32)20-9-3-16(15-26)4-10-20/h3-14,27H,1-2H3. The van der Waals surface area contributed by atoms with Crippen LogP contribution in [0.25, 0.3) is 5.57 Å². The zero-order chi connectivity index (χ0) is 24.4. The highest BCUT2D eigenvalue weighted by atomic mass is 16.6. The highest BCUT2D eigenvalue weighted by molar-refractivity contribution is 6.46. The van der Waals surface area contributed by atoms with Crippen LogP contribution >= 0.6 is 0 Å². The van der Waals surface area contributed by atoms with Crippen LogP contribution in [0.3, 0.4) is 0 Å². The summed E-state index contributed by atoms with van der Waals surface area (Å²) < 4.78 is 0. The fraction of sp³-hybridized carbons (Fsp3) is 0.0800. The lowest BCUT2D eigenvalue weighted by molar-refractivity contribution is -0.384. The molecule has 0 spiro atoms. The third-order valence-electron chi connectivity index (χ3n) is 5.36. The first kappa shape index (κ1) is 22.2. The van der Waals surface area contributed by atoms with E-state index in [-0.39, 0.29) is 17.0 Å². The molecule has 0 unspecified atom stereocenters. The zero-order valence-electron chi connectivity index (χ0n) is 18.4. The highest BCUT2D eigenvalue weighted by Crippen LogP contribution is 2.34. The number of hydrogen-bond acceptors (Lipinski definition) is 7. The van der Waals surface area contributed by atoms with E-state index in [9.17, 15) is 19.7 Å². The fourth-order valence-corrected chi connectivity index (χ4v) is 3.57. The quantitative estimate of drug-likeness (QED) is 0.341. The van der Waals surface area contributed by atoms with Crippen LogP contribution in [-0.2, 0) is 9.59 Å². The Bertz CT molecular complexity index is 1350. The molecule has 0 saturated carbocycles. The summed E-state index contributed by atoms with van der Waals surface area (Å²) >= 11 is 0. The second-order valence-corrected chi connectivity index (χ2v) is 7.72. The molecule has 0 radical (unpaired) electrons. The second-order valence-electron chi connectivity index (χ2n) is 7.72. The summed E-state index contributed by atoms with van der Waals surface area (Å²) in [6, 6.07) is 20.9. The number of carbonyl (C=O) groups excluding carboxylic acids is 2. The number of nitriles is 1. The van der Waals surface area contributed by atoms with E-state index in [1.54, 1.807) is 12.1 Å². The van der Waals surface area contributed by atoms with Gasteiger partial charge in [0.25, 0.3) is 17.5 Å². The van der Waals surface area contributed by atoms with Crippen molar-refractivity contribution in [1.82, 2.24) is 0 Å². The van der Waals surface area contributed by atoms with Crippen molar-refractivity contribution in [3.8, 4) is 6.07 Å². The monoisotopic (exact) mass is 453 g/mol. The molecule has 168 valence electrons. The van der Waals surface area contributed by atoms with Crippen LogP contribution in [0, 0.1) is 21.4 Å². The Balaban J connectivity index is 1.78. The number of anilines is 3. The van der Waals surface area contributed by atoms with Gasteiger partial charge < -0.3 is 10.2 Å². The normalized spacial score (nSPS) is 13.1. The van der Waals surface area contributed by atoms with Crippen molar-refractivity contribution in [3.05, 3.63) is 99.7 Å². The molecule has 4 rings (SSSR count). The van der Waals surface area contributed by atoms with Gasteiger partial charge in [-0.15, -0.1) is 0 Å². The van der Waals surface area contributed by atoms with Crippen LogP contribution in [0.4, 0.5) is 22.7 Å². The Labute approximate surface area is 195 Å². The number of nitro groups is 1. The molecule has 3 aromatic carbocycles. The number of rotatable bonds is 6. The molecule has 1 N–H and O–H groups in total. The first-order valence-electron chi connectivity index (χ1n) is 10.2. The number of imide groups is 1. The number of nitrogens with one attached hydrogen (secondary N) is 1. The minimum absolute atomic E-state index is 0.0563. The van der Waals surface area contributed by atoms with Gasteiger partial charge in [0.2, 0.25) is 0 Å². The van der Waals surface area contributed by atoms with Crippen molar-refractivity contribution in [2.45, 2.75) is 0 Å². The molecule has 2 amide bonds. The Hall–Kier alpha value is -4.97. The van der Waals surface area contributed by atoms with Gasteiger partial charge in [0.05, 0.1) is 27.8 Å². The summed E-state index contributed by atoms with van der Waals surface area (Å²) in [6.07, 6.45) is 0. The van der Waals surface area contributed by atoms with Gasteiger partial charge in [0, 0.05) is 37.6 Å². The van der Waals surface area contributed by atoms with Gasteiger partial charge in [0.15, 0.2) is 0 Å². The van der Waals surface area contributed by atoms with E-state index < -0.39 is 16.7 Å². The maximum Gasteiger partial charge on any atom is 0.282 e. The Morgan fingerprint density at radius 2 is 1.53 bits per heavy atom. The van der Waals surface area contributed by atoms with Crippen molar-refractivity contribution in [2.24, 2.45) is 0 Å². The number of nitro benzene ring substituents is 1. The van der Waals surface area contributed by atoms with E-state index in [1.165, 1.54) is 48.5 Å². The number of non-ortho nitro benzene ring substituents is 1. The molecule has 1 heterocycles. The molecule has 0 aromatic heterocycles. The van der Waals surface area contributed by atoms with Crippen molar-refractivity contribution in [1.29, 1.82) is 5.26 Å². The SMILES string of the molecule is CN(C)c1ccc(NC2=C(c3ccc([N+](=O)[O-])cc3)C(=O)N(c3ccc(C#N)cc3)C2=O)cc1. The molecule has 34 heavy (non-hydrogen) atoms. The Morgan fingerprint density at radius 3 is 2.06 bits per heavy atom. The molecule has 9 nitrogen and oxygen atoms in total. The average molecular weight is 453 g/mol. The fourth-order valence-electron chi connectivity index (χ4n) is 3.57. The average Bonchev–Trinajstić information content (AvgIpc) is 3.08. The van der Waals surface area contributed by atoms with Crippen LogP contribution in [0.2, 0.25) is 0 Å². The van der Waals surface area contributed by atoms with Gasteiger partial charge in [0.1, 0.15) is 5.70 Å². The van der Waals surface area contributed by atoms with Crippen LogP contribution in [0.5, 0.6) is 0 Å². The van der Waals surface area contributed by atoms with E-state index in [0.29, 0.717) is 22.5 Å². The van der Waals surface area contributed by atoms with Crippen molar-refractivity contribution in [3.63, 3.8) is 0 Å². The Morgan fingerprint density at radius 1 is 0.912 bits per heavy atom. The Kier molecular flexibility index (Phi) is 5.80. The minimum Gasteiger partial charge on any atom is -0.378 e. The summed E-state index contributed by atoms with van der Waals surface area (Å²) in [6.45, 7) is 0. The first-order chi connectivity index (χ1) is 16.3. The summed E-state index contributed by atoms with van der Waals surface area (Å²) in [7, 11) is 3.82. The van der Waals surface area contributed by atoms with Crippen molar-refractivity contribution in [2.75, 3.05) is 29.2 Å². The van der Waals surface area contributed by atoms with E-state index in [4.69, 9.17) is 5.26 Å². The van der Waals surface area contributed by atoms with E-state index in [0.717, 1.165) is 10.6 Å². The smallest absolute Gasteiger partial charge is 0.282 e. The topological polar surface area (TPSA) is 120 Å². The molecular formula is C25H19N5O4. The molecule has 1 aliphatic rings. The summed E-state index contributed by atoms with van der Waals surface area (Å²) in [5.41, 5.74) is 2.66.